The fourth-order valence-electron chi connectivity index (χ4n) is 3.08. The largest absolute Gasteiger partial charge is 0.352 e. The molecule has 0 heterocycles. The number of nitriles is 1. The quantitative estimate of drug-likeness (QED) is 0.912. The van der Waals surface area contributed by atoms with Crippen molar-refractivity contribution in [3.8, 4) is 6.07 Å². The molecule has 0 bridgehead atoms. The van der Waals surface area contributed by atoms with Crippen LogP contribution >= 0.6 is 0 Å². The fraction of sp³-hybridized carbons (Fsp3) is 0.529. The van der Waals surface area contributed by atoms with Gasteiger partial charge in [0.05, 0.1) is 6.07 Å². The van der Waals surface area contributed by atoms with Crippen molar-refractivity contribution in [2.75, 3.05) is 0 Å². The van der Waals surface area contributed by atoms with Gasteiger partial charge in [0.25, 0.3) is 0 Å². The van der Waals surface area contributed by atoms with Crippen molar-refractivity contribution in [1.82, 2.24) is 5.32 Å². The fourth-order valence-corrected chi connectivity index (χ4v) is 3.08. The van der Waals surface area contributed by atoms with Crippen LogP contribution in [0.4, 0.5) is 0 Å². The van der Waals surface area contributed by atoms with Gasteiger partial charge in [-0.3, -0.25) is 4.79 Å². The Labute approximate surface area is 121 Å². The Kier molecular flexibility index (Phi) is 5.17. The highest BCUT2D eigenvalue weighted by molar-refractivity contribution is 5.86. The van der Waals surface area contributed by atoms with Gasteiger partial charge in [-0.1, -0.05) is 56.5 Å². The first-order chi connectivity index (χ1) is 9.76. The van der Waals surface area contributed by atoms with Crippen molar-refractivity contribution in [3.63, 3.8) is 0 Å². The van der Waals surface area contributed by atoms with Gasteiger partial charge < -0.3 is 5.32 Å². The van der Waals surface area contributed by atoms with Crippen LogP contribution < -0.4 is 5.32 Å². The van der Waals surface area contributed by atoms with Gasteiger partial charge in [-0.15, -0.1) is 0 Å². The summed E-state index contributed by atoms with van der Waals surface area (Å²) in [5.74, 6) is -0.289. The molecule has 0 radical (unpaired) electrons. The van der Waals surface area contributed by atoms with E-state index in [1.165, 1.54) is 19.3 Å². The lowest BCUT2D eigenvalue weighted by Crippen LogP contribution is -2.43. The molecular weight excluding hydrogens is 248 g/mol. The number of nitrogens with zero attached hydrogens (tertiary/aromatic N) is 1. The summed E-state index contributed by atoms with van der Waals surface area (Å²) in [6, 6.07) is 11.7. The van der Waals surface area contributed by atoms with Gasteiger partial charge in [0.15, 0.2) is 0 Å². The summed E-state index contributed by atoms with van der Waals surface area (Å²) in [6.07, 6.45) is 5.74. The molecule has 1 N–H and O–H groups in total. The lowest BCUT2D eigenvalue weighted by Gasteiger charge is -2.32. The zero-order valence-corrected chi connectivity index (χ0v) is 12.0. The molecular formula is C17H22N2O. The Morgan fingerprint density at radius 1 is 1.35 bits per heavy atom. The summed E-state index contributed by atoms with van der Waals surface area (Å²) in [7, 11) is 0. The topological polar surface area (TPSA) is 52.9 Å². The number of carbonyl (C=O) groups is 1. The van der Waals surface area contributed by atoms with Crippen LogP contribution in [0, 0.1) is 17.2 Å². The molecule has 1 aliphatic carbocycles. The zero-order valence-electron chi connectivity index (χ0n) is 12.0. The molecule has 3 atom stereocenters. The van der Waals surface area contributed by atoms with Crippen LogP contribution in [-0.4, -0.2) is 11.9 Å². The molecule has 0 aromatic heterocycles. The Morgan fingerprint density at radius 3 is 2.70 bits per heavy atom. The van der Waals surface area contributed by atoms with E-state index in [2.05, 4.69) is 18.3 Å². The van der Waals surface area contributed by atoms with Gasteiger partial charge in [0, 0.05) is 6.04 Å². The molecule has 20 heavy (non-hydrogen) atoms. The molecule has 3 nitrogen and oxygen atoms in total. The van der Waals surface area contributed by atoms with Crippen LogP contribution in [0.15, 0.2) is 30.3 Å². The molecule has 0 spiro atoms. The molecule has 1 aliphatic rings. The molecule has 1 aromatic rings. The second kappa shape index (κ2) is 7.09. The number of carbonyl (C=O) groups excluding carboxylic acids is 1. The minimum atomic E-state index is -0.698. The highest BCUT2D eigenvalue weighted by atomic mass is 16.1. The Morgan fingerprint density at radius 2 is 2.05 bits per heavy atom. The highest BCUT2D eigenvalue weighted by Gasteiger charge is 2.28. The van der Waals surface area contributed by atoms with Crippen LogP contribution in [0.1, 0.15) is 50.5 Å². The van der Waals surface area contributed by atoms with E-state index in [-0.39, 0.29) is 11.9 Å². The molecule has 1 saturated carbocycles. The first-order valence-corrected chi connectivity index (χ1v) is 7.51. The zero-order chi connectivity index (χ0) is 14.4. The van der Waals surface area contributed by atoms with E-state index in [0.717, 1.165) is 18.4 Å². The van der Waals surface area contributed by atoms with Crippen molar-refractivity contribution >= 4 is 5.91 Å². The van der Waals surface area contributed by atoms with Crippen LogP contribution in [-0.2, 0) is 4.79 Å². The normalized spacial score (nSPS) is 23.6. The minimum absolute atomic E-state index is 0.149. The van der Waals surface area contributed by atoms with Crippen LogP contribution in [0.5, 0.6) is 0 Å². The Balaban J connectivity index is 2.04. The van der Waals surface area contributed by atoms with Crippen LogP contribution in [0.2, 0.25) is 0 Å². The third kappa shape index (κ3) is 3.39. The molecule has 106 valence electrons. The smallest absolute Gasteiger partial charge is 0.242 e. The van der Waals surface area contributed by atoms with Gasteiger partial charge in [-0.25, -0.2) is 0 Å². The average Bonchev–Trinajstić information content (AvgIpc) is 2.49. The SMILES string of the molecule is CCC1CCCCC1NC(=O)C(C#N)c1ccccc1. The van der Waals surface area contributed by atoms with Crippen molar-refractivity contribution < 1.29 is 4.79 Å². The summed E-state index contributed by atoms with van der Waals surface area (Å²) < 4.78 is 0. The van der Waals surface area contributed by atoms with Crippen LogP contribution in [0.25, 0.3) is 0 Å². The lowest BCUT2D eigenvalue weighted by atomic mass is 9.82. The van der Waals surface area contributed by atoms with Crippen molar-refractivity contribution in [3.05, 3.63) is 35.9 Å². The summed E-state index contributed by atoms with van der Waals surface area (Å²) in [4.78, 5) is 12.4. The van der Waals surface area contributed by atoms with Gasteiger partial charge in [0.2, 0.25) is 5.91 Å². The summed E-state index contributed by atoms with van der Waals surface area (Å²) in [5, 5.41) is 12.4. The first-order valence-electron chi connectivity index (χ1n) is 7.51. The van der Waals surface area contributed by atoms with Gasteiger partial charge >= 0.3 is 0 Å². The predicted molar refractivity (Wildman–Crippen MR) is 79.0 cm³/mol. The maximum Gasteiger partial charge on any atom is 0.242 e. The van der Waals surface area contributed by atoms with Crippen LogP contribution in [0.3, 0.4) is 0 Å². The highest BCUT2D eigenvalue weighted by Crippen LogP contribution is 2.27. The van der Waals surface area contributed by atoms with E-state index in [1.54, 1.807) is 0 Å². The number of nitrogens with one attached hydrogen (secondary N) is 1. The third-order valence-electron chi connectivity index (χ3n) is 4.29. The Hall–Kier alpha value is -1.82. The molecule has 0 saturated heterocycles. The first kappa shape index (κ1) is 14.6. The maximum absolute atomic E-state index is 12.4. The molecule has 3 heteroatoms. The summed E-state index contributed by atoms with van der Waals surface area (Å²) in [5.41, 5.74) is 0.774. The van der Waals surface area contributed by atoms with E-state index in [4.69, 9.17) is 0 Å². The maximum atomic E-state index is 12.4. The predicted octanol–water partition coefficient (Wildman–Crippen LogP) is 3.38. The van der Waals surface area contributed by atoms with E-state index in [0.29, 0.717) is 5.92 Å². The monoisotopic (exact) mass is 270 g/mol. The molecule has 1 fully saturated rings. The van der Waals surface area contributed by atoms with Crippen molar-refractivity contribution in [1.29, 1.82) is 5.26 Å². The van der Waals surface area contributed by atoms with E-state index in [9.17, 15) is 10.1 Å². The number of hydrogen-bond donors (Lipinski definition) is 1. The molecule has 0 aliphatic heterocycles. The summed E-state index contributed by atoms with van der Waals surface area (Å²) >= 11 is 0. The van der Waals surface area contributed by atoms with E-state index in [1.807, 2.05) is 30.3 Å². The number of hydrogen-bond acceptors (Lipinski definition) is 2. The van der Waals surface area contributed by atoms with E-state index < -0.39 is 5.92 Å². The Bertz CT molecular complexity index is 478. The average molecular weight is 270 g/mol. The second-order valence-electron chi connectivity index (χ2n) is 5.54. The standard InChI is InChI=1S/C17H22N2O/c1-2-13-8-6-7-11-16(13)19-17(20)15(12-18)14-9-4-3-5-10-14/h3-5,9-10,13,15-16H,2,6-8,11H2,1H3,(H,19,20). The molecule has 2 rings (SSSR count). The van der Waals surface area contributed by atoms with Crippen molar-refractivity contribution in [2.24, 2.45) is 5.92 Å². The summed E-state index contributed by atoms with van der Waals surface area (Å²) in [6.45, 7) is 2.17. The second-order valence-corrected chi connectivity index (χ2v) is 5.54. The van der Waals surface area contributed by atoms with E-state index >= 15 is 0 Å². The van der Waals surface area contributed by atoms with Crippen molar-refractivity contribution in [2.45, 2.75) is 51.0 Å². The number of rotatable bonds is 4. The minimum Gasteiger partial charge on any atom is -0.352 e. The molecule has 1 aromatic carbocycles. The lowest BCUT2D eigenvalue weighted by molar-refractivity contribution is -0.122. The molecule has 1 amide bonds. The number of amides is 1. The molecule has 3 unspecified atom stereocenters. The van der Waals surface area contributed by atoms with Gasteiger partial charge in [0.1, 0.15) is 5.92 Å². The van der Waals surface area contributed by atoms with Gasteiger partial charge in [-0.05, 0) is 24.3 Å². The third-order valence-corrected chi connectivity index (χ3v) is 4.29. The number of benzene rings is 1. The van der Waals surface area contributed by atoms with Gasteiger partial charge in [-0.2, -0.15) is 5.26 Å².